The molecule has 152 valence electrons. The smallest absolute Gasteiger partial charge is 0.119 e. The molecule has 1 aliphatic heterocycles. The molecule has 0 aromatic heterocycles. The maximum Gasteiger partial charge on any atom is 0.119 e. The molecule has 0 unspecified atom stereocenters. The molecule has 3 nitrogen and oxygen atoms in total. The molecule has 0 saturated carbocycles. The molecule has 0 spiro atoms. The van der Waals surface area contributed by atoms with Crippen molar-refractivity contribution >= 4 is 6.29 Å². The lowest BCUT2D eigenvalue weighted by Crippen LogP contribution is -2.46. The average Bonchev–Trinajstić information content (AvgIpc) is 2.74. The van der Waals surface area contributed by atoms with Gasteiger partial charge in [0.25, 0.3) is 0 Å². The number of benzene rings is 1. The van der Waals surface area contributed by atoms with E-state index in [1.54, 1.807) is 0 Å². The summed E-state index contributed by atoms with van der Waals surface area (Å²) in [7, 11) is 0. The van der Waals surface area contributed by atoms with Gasteiger partial charge in [-0.25, -0.2) is 0 Å². The highest BCUT2D eigenvalue weighted by Gasteiger charge is 2.16. The first-order valence-electron chi connectivity index (χ1n) is 10.8. The number of carbonyl (C=O) groups is 1. The summed E-state index contributed by atoms with van der Waals surface area (Å²) >= 11 is 0. The van der Waals surface area contributed by atoms with Gasteiger partial charge in [0.05, 0.1) is 0 Å². The standard InChI is InChI=1S/C17H26N2O.3C2H6/c20-15-7-2-1-6-10-18-11-13-19(14-12-18)16-17-8-4-3-5-9-17;3*1-2/h3-5,8-9,15H,1-2,6-7,10-14,16H2;3*1-2H3. The van der Waals surface area contributed by atoms with Gasteiger partial charge in [-0.3, -0.25) is 4.90 Å². The van der Waals surface area contributed by atoms with Crippen molar-refractivity contribution in [2.75, 3.05) is 32.7 Å². The molecule has 26 heavy (non-hydrogen) atoms. The second kappa shape index (κ2) is 21.9. The number of carbonyl (C=O) groups excluding carboxylic acids is 1. The van der Waals surface area contributed by atoms with Crippen LogP contribution >= 0.6 is 0 Å². The molecule has 0 bridgehead atoms. The quantitative estimate of drug-likeness (QED) is 0.440. The second-order valence-corrected chi connectivity index (χ2v) is 5.62. The SMILES string of the molecule is CC.CC.CC.O=CCCCCCN1CCN(Cc2ccccc2)CC1. The Labute approximate surface area is 163 Å². The van der Waals surface area contributed by atoms with Gasteiger partial charge in [0.2, 0.25) is 0 Å². The molecule has 1 aliphatic rings. The minimum atomic E-state index is 0.727. The predicted molar refractivity (Wildman–Crippen MR) is 117 cm³/mol. The minimum Gasteiger partial charge on any atom is -0.303 e. The van der Waals surface area contributed by atoms with Gasteiger partial charge in [-0.15, -0.1) is 0 Å². The molecule has 2 rings (SSSR count). The van der Waals surface area contributed by atoms with Crippen LogP contribution in [0.3, 0.4) is 0 Å². The monoisotopic (exact) mass is 364 g/mol. The molecular formula is C23H44N2O. The number of hydrogen-bond acceptors (Lipinski definition) is 3. The number of piperazine rings is 1. The van der Waals surface area contributed by atoms with Gasteiger partial charge in [-0.2, -0.15) is 0 Å². The summed E-state index contributed by atoms with van der Waals surface area (Å²) in [4.78, 5) is 15.3. The van der Waals surface area contributed by atoms with E-state index in [0.717, 1.165) is 25.7 Å². The average molecular weight is 365 g/mol. The summed E-state index contributed by atoms with van der Waals surface area (Å²) in [6.07, 6.45) is 5.22. The van der Waals surface area contributed by atoms with Crippen molar-refractivity contribution in [1.29, 1.82) is 0 Å². The Morgan fingerprint density at radius 3 is 1.85 bits per heavy atom. The van der Waals surface area contributed by atoms with Gasteiger partial charge in [0, 0.05) is 39.1 Å². The Bertz CT molecular complexity index is 373. The summed E-state index contributed by atoms with van der Waals surface area (Å²) in [6.45, 7) is 19.0. The van der Waals surface area contributed by atoms with Crippen molar-refractivity contribution in [3.05, 3.63) is 35.9 Å². The Morgan fingerprint density at radius 2 is 1.31 bits per heavy atom. The lowest BCUT2D eigenvalue weighted by atomic mass is 10.1. The van der Waals surface area contributed by atoms with Gasteiger partial charge < -0.3 is 9.69 Å². The summed E-state index contributed by atoms with van der Waals surface area (Å²) in [5.74, 6) is 0. The van der Waals surface area contributed by atoms with E-state index in [9.17, 15) is 4.79 Å². The van der Waals surface area contributed by atoms with Crippen LogP contribution in [-0.2, 0) is 11.3 Å². The van der Waals surface area contributed by atoms with Gasteiger partial charge in [-0.05, 0) is 24.9 Å². The van der Waals surface area contributed by atoms with E-state index in [4.69, 9.17) is 0 Å². The lowest BCUT2D eigenvalue weighted by molar-refractivity contribution is -0.107. The van der Waals surface area contributed by atoms with Gasteiger partial charge in [0.15, 0.2) is 0 Å². The van der Waals surface area contributed by atoms with Crippen LogP contribution in [0.15, 0.2) is 30.3 Å². The zero-order chi connectivity index (χ0) is 20.0. The van der Waals surface area contributed by atoms with E-state index in [2.05, 4.69) is 40.1 Å². The van der Waals surface area contributed by atoms with E-state index in [0.29, 0.717) is 0 Å². The first-order chi connectivity index (χ1) is 12.9. The largest absolute Gasteiger partial charge is 0.303 e. The number of unbranched alkanes of at least 4 members (excludes halogenated alkanes) is 3. The number of rotatable bonds is 8. The van der Waals surface area contributed by atoms with Crippen LogP contribution in [0.5, 0.6) is 0 Å². The second-order valence-electron chi connectivity index (χ2n) is 5.62. The Kier molecular flexibility index (Phi) is 22.7. The summed E-state index contributed by atoms with van der Waals surface area (Å²) in [6, 6.07) is 10.7. The molecule has 0 radical (unpaired) electrons. The Balaban J connectivity index is 0. The van der Waals surface area contributed by atoms with E-state index < -0.39 is 0 Å². The van der Waals surface area contributed by atoms with E-state index in [1.807, 2.05) is 41.5 Å². The van der Waals surface area contributed by atoms with Crippen LogP contribution < -0.4 is 0 Å². The molecule has 0 N–H and O–H groups in total. The highest BCUT2D eigenvalue weighted by atomic mass is 16.1. The van der Waals surface area contributed by atoms with Gasteiger partial charge in [0.1, 0.15) is 6.29 Å². The third kappa shape index (κ3) is 14.0. The normalized spacial score (nSPS) is 13.9. The fourth-order valence-corrected chi connectivity index (χ4v) is 2.75. The number of aldehydes is 1. The highest BCUT2D eigenvalue weighted by molar-refractivity contribution is 5.48. The van der Waals surface area contributed by atoms with Crippen molar-refractivity contribution in [3.63, 3.8) is 0 Å². The van der Waals surface area contributed by atoms with E-state index in [-0.39, 0.29) is 0 Å². The van der Waals surface area contributed by atoms with Crippen molar-refractivity contribution in [2.45, 2.75) is 73.8 Å². The number of nitrogens with zero attached hydrogens (tertiary/aromatic N) is 2. The molecule has 1 heterocycles. The number of hydrogen-bond donors (Lipinski definition) is 0. The molecular weight excluding hydrogens is 320 g/mol. The van der Waals surface area contributed by atoms with Crippen molar-refractivity contribution < 1.29 is 4.79 Å². The van der Waals surface area contributed by atoms with Crippen LogP contribution in [0.2, 0.25) is 0 Å². The lowest BCUT2D eigenvalue weighted by Gasteiger charge is -2.34. The van der Waals surface area contributed by atoms with Crippen LogP contribution in [0.1, 0.15) is 72.8 Å². The van der Waals surface area contributed by atoms with Crippen LogP contribution in [-0.4, -0.2) is 48.8 Å². The summed E-state index contributed by atoms with van der Waals surface area (Å²) in [5, 5.41) is 0. The summed E-state index contributed by atoms with van der Waals surface area (Å²) in [5.41, 5.74) is 1.41. The first-order valence-corrected chi connectivity index (χ1v) is 10.8. The van der Waals surface area contributed by atoms with Crippen molar-refractivity contribution in [1.82, 2.24) is 9.80 Å². The fourth-order valence-electron chi connectivity index (χ4n) is 2.75. The highest BCUT2D eigenvalue weighted by Crippen LogP contribution is 2.09. The zero-order valence-corrected chi connectivity index (χ0v) is 18.3. The van der Waals surface area contributed by atoms with Gasteiger partial charge in [-0.1, -0.05) is 78.3 Å². The zero-order valence-electron chi connectivity index (χ0n) is 18.3. The molecule has 0 aliphatic carbocycles. The third-order valence-corrected chi connectivity index (χ3v) is 4.01. The van der Waals surface area contributed by atoms with Crippen LogP contribution in [0.4, 0.5) is 0 Å². The summed E-state index contributed by atoms with van der Waals surface area (Å²) < 4.78 is 0. The predicted octanol–water partition coefficient (Wildman–Crippen LogP) is 5.64. The first kappa shape index (κ1) is 27.0. The molecule has 1 aromatic rings. The van der Waals surface area contributed by atoms with Crippen molar-refractivity contribution in [3.8, 4) is 0 Å². The van der Waals surface area contributed by atoms with Crippen LogP contribution in [0.25, 0.3) is 0 Å². The van der Waals surface area contributed by atoms with E-state index >= 15 is 0 Å². The molecule has 1 saturated heterocycles. The van der Waals surface area contributed by atoms with Gasteiger partial charge >= 0.3 is 0 Å². The molecule has 1 aromatic carbocycles. The molecule has 3 heteroatoms. The molecule has 1 fully saturated rings. The third-order valence-electron chi connectivity index (χ3n) is 4.01. The topological polar surface area (TPSA) is 23.6 Å². The van der Waals surface area contributed by atoms with Crippen LogP contribution in [0, 0.1) is 0 Å². The molecule has 0 amide bonds. The molecule has 0 atom stereocenters. The maximum absolute atomic E-state index is 10.2. The minimum absolute atomic E-state index is 0.727. The van der Waals surface area contributed by atoms with E-state index in [1.165, 1.54) is 51.1 Å². The van der Waals surface area contributed by atoms with Crippen molar-refractivity contribution in [2.24, 2.45) is 0 Å². The Hall–Kier alpha value is -1.19. The fraction of sp³-hybridized carbons (Fsp3) is 0.696. The maximum atomic E-state index is 10.2. The Morgan fingerprint density at radius 1 is 0.769 bits per heavy atom.